The summed E-state index contributed by atoms with van der Waals surface area (Å²) in [6.45, 7) is -3.71. The van der Waals surface area contributed by atoms with E-state index in [1.54, 1.807) is 10.9 Å². The number of hydrogen-bond acceptors (Lipinski definition) is 9. The van der Waals surface area contributed by atoms with Gasteiger partial charge in [0.25, 0.3) is 0 Å². The molecule has 28 heavy (non-hydrogen) atoms. The number of carbonyl (C=O) groups is 1. The molecule has 1 aliphatic rings. The van der Waals surface area contributed by atoms with Crippen molar-refractivity contribution in [3.05, 3.63) is 12.7 Å². The molecule has 2 aromatic heterocycles. The summed E-state index contributed by atoms with van der Waals surface area (Å²) >= 11 is 3.48. The van der Waals surface area contributed by atoms with Gasteiger partial charge in [-0.2, -0.15) is 0 Å². The van der Waals surface area contributed by atoms with Crippen LogP contribution < -0.4 is 10.6 Å². The van der Waals surface area contributed by atoms with Crippen LogP contribution >= 0.6 is 19.0 Å². The molecule has 154 valence electrons. The Balaban J connectivity index is 1.63. The lowest BCUT2D eigenvalue weighted by atomic mass is 10.2. The molecule has 3 atom stereocenters. The Morgan fingerprint density at radius 2 is 2.21 bits per heavy atom. The van der Waals surface area contributed by atoms with Crippen molar-refractivity contribution in [2.24, 2.45) is 0 Å². The topological polar surface area (TPSA) is 161 Å². The van der Waals surface area contributed by atoms with E-state index < -0.39 is 19.3 Å². The standard InChI is InChI=1S/C14H21N6O6PS/c21-5-10(22)15-3-4-16-13-12-14(18-7-17-13)20(8-19-12)11-2-1-9(26-11)6-25-27(23,24)28/h7-9,11,21H,1-6H2,(H,15,22)(H,16,17,18)(H2,23,24,28)/t9-,11+/m0/s1. The van der Waals surface area contributed by atoms with E-state index in [9.17, 15) is 9.36 Å². The maximum absolute atomic E-state index is 11.1. The number of rotatable bonds is 9. The van der Waals surface area contributed by atoms with Crippen molar-refractivity contribution < 1.29 is 28.6 Å². The highest BCUT2D eigenvalue weighted by Crippen LogP contribution is 2.47. The molecule has 1 saturated heterocycles. The Kier molecular flexibility index (Phi) is 6.86. The minimum absolute atomic E-state index is 0.0260. The first-order valence-corrected chi connectivity index (χ1v) is 11.2. The van der Waals surface area contributed by atoms with Crippen LogP contribution in [-0.4, -0.2) is 67.8 Å². The fraction of sp³-hybridized carbons (Fsp3) is 0.571. The summed E-state index contributed by atoms with van der Waals surface area (Å²) in [5.74, 6) is 0.0578. The molecule has 1 amide bonds. The minimum atomic E-state index is -3.84. The summed E-state index contributed by atoms with van der Waals surface area (Å²) in [6.07, 6.45) is 3.66. The van der Waals surface area contributed by atoms with Crippen LogP contribution in [0, 0.1) is 0 Å². The zero-order chi connectivity index (χ0) is 20.1. The number of hydrogen-bond donors (Lipinski definition) is 5. The number of imidazole rings is 1. The molecule has 2 aromatic rings. The third-order valence-electron chi connectivity index (χ3n) is 4.07. The highest BCUT2D eigenvalue weighted by molar-refractivity contribution is 8.44. The van der Waals surface area contributed by atoms with E-state index in [0.29, 0.717) is 42.9 Å². The number of aromatic nitrogens is 4. The van der Waals surface area contributed by atoms with Gasteiger partial charge in [-0.3, -0.25) is 13.9 Å². The minimum Gasteiger partial charge on any atom is -0.387 e. The molecule has 1 aliphatic heterocycles. The lowest BCUT2D eigenvalue weighted by Crippen LogP contribution is -2.30. The molecular weight excluding hydrogens is 411 g/mol. The normalized spacial score (nSPS) is 21.5. The van der Waals surface area contributed by atoms with Gasteiger partial charge in [-0.05, 0) is 12.8 Å². The zero-order valence-electron chi connectivity index (χ0n) is 14.8. The molecular formula is C14H21N6O6PS. The van der Waals surface area contributed by atoms with Crippen molar-refractivity contribution in [3.63, 3.8) is 0 Å². The monoisotopic (exact) mass is 432 g/mol. The maximum atomic E-state index is 11.1. The average Bonchev–Trinajstić information content (AvgIpc) is 3.29. The number of aliphatic hydroxyl groups is 1. The van der Waals surface area contributed by atoms with Gasteiger partial charge in [-0.1, -0.05) is 12.2 Å². The Morgan fingerprint density at radius 3 is 2.96 bits per heavy atom. The van der Waals surface area contributed by atoms with Gasteiger partial charge < -0.3 is 25.4 Å². The van der Waals surface area contributed by atoms with Gasteiger partial charge in [0, 0.05) is 13.1 Å². The number of thiol groups is 1. The summed E-state index contributed by atoms with van der Waals surface area (Å²) in [6, 6.07) is 0. The van der Waals surface area contributed by atoms with Crippen molar-refractivity contribution in [3.8, 4) is 0 Å². The number of carbonyl (C=O) groups excluding carboxylic acids is 1. The maximum Gasteiger partial charge on any atom is 0.383 e. The van der Waals surface area contributed by atoms with Gasteiger partial charge in [-0.25, -0.2) is 19.5 Å². The Bertz CT molecular complexity index is 875. The largest absolute Gasteiger partial charge is 0.387 e. The van der Waals surface area contributed by atoms with Crippen molar-refractivity contribution >= 4 is 41.9 Å². The summed E-state index contributed by atoms with van der Waals surface area (Å²) in [5.41, 5.74) is 1.12. The Hall–Kier alpha value is -1.76. The molecule has 0 aromatic carbocycles. The van der Waals surface area contributed by atoms with Crippen LogP contribution in [0.4, 0.5) is 5.82 Å². The van der Waals surface area contributed by atoms with Crippen molar-refractivity contribution in [2.75, 3.05) is 31.6 Å². The number of nitrogens with one attached hydrogen (secondary N) is 2. The van der Waals surface area contributed by atoms with E-state index in [-0.39, 0.29) is 18.9 Å². The van der Waals surface area contributed by atoms with Crippen molar-refractivity contribution in [1.29, 1.82) is 0 Å². The van der Waals surface area contributed by atoms with E-state index in [1.807, 2.05) is 0 Å². The van der Waals surface area contributed by atoms with Crippen LogP contribution in [0.15, 0.2) is 12.7 Å². The van der Waals surface area contributed by atoms with Crippen LogP contribution in [-0.2, 0) is 18.6 Å². The molecule has 12 nitrogen and oxygen atoms in total. The van der Waals surface area contributed by atoms with E-state index in [1.165, 1.54) is 6.33 Å². The second-order valence-electron chi connectivity index (χ2n) is 6.06. The van der Waals surface area contributed by atoms with E-state index in [4.69, 9.17) is 19.3 Å². The molecule has 3 heterocycles. The second-order valence-corrected chi connectivity index (χ2v) is 8.81. The third-order valence-corrected chi connectivity index (χ3v) is 4.90. The SMILES string of the molecule is O=C(CO)NCCNc1ncnc2c1ncn2[C@H]1CC[C@@H](COP(=O)(O)S)O1. The Labute approximate surface area is 165 Å². The van der Waals surface area contributed by atoms with Gasteiger partial charge >= 0.3 is 6.80 Å². The number of nitrogens with zero attached hydrogens (tertiary/aromatic N) is 4. The van der Waals surface area contributed by atoms with Gasteiger partial charge in [0.1, 0.15) is 19.2 Å². The highest BCUT2D eigenvalue weighted by atomic mass is 32.7. The first-order valence-electron chi connectivity index (χ1n) is 8.52. The molecule has 3 rings (SSSR count). The molecule has 0 saturated carbocycles. The zero-order valence-corrected chi connectivity index (χ0v) is 16.6. The van der Waals surface area contributed by atoms with Crippen LogP contribution in [0.5, 0.6) is 0 Å². The van der Waals surface area contributed by atoms with Crippen LogP contribution in [0.1, 0.15) is 19.1 Å². The first-order chi connectivity index (χ1) is 13.4. The molecule has 4 N–H and O–H groups in total. The van der Waals surface area contributed by atoms with E-state index in [2.05, 4.69) is 37.8 Å². The summed E-state index contributed by atoms with van der Waals surface area (Å²) in [4.78, 5) is 32.9. The summed E-state index contributed by atoms with van der Waals surface area (Å²) in [5, 5.41) is 14.3. The molecule has 0 spiro atoms. The van der Waals surface area contributed by atoms with Gasteiger partial charge in [0.2, 0.25) is 5.91 Å². The Morgan fingerprint density at radius 1 is 1.39 bits per heavy atom. The molecule has 14 heteroatoms. The number of fused-ring (bicyclic) bond motifs is 1. The van der Waals surface area contributed by atoms with Crippen LogP contribution in [0.25, 0.3) is 11.2 Å². The molecule has 0 aliphatic carbocycles. The van der Waals surface area contributed by atoms with Gasteiger partial charge in [0.15, 0.2) is 17.0 Å². The summed E-state index contributed by atoms with van der Waals surface area (Å²) in [7, 11) is 0. The highest BCUT2D eigenvalue weighted by Gasteiger charge is 2.30. The van der Waals surface area contributed by atoms with E-state index in [0.717, 1.165) is 0 Å². The quantitative estimate of drug-likeness (QED) is 0.208. The van der Waals surface area contributed by atoms with Crippen LogP contribution in [0.2, 0.25) is 0 Å². The second kappa shape index (κ2) is 9.16. The van der Waals surface area contributed by atoms with Gasteiger partial charge in [-0.15, -0.1) is 0 Å². The lowest BCUT2D eigenvalue weighted by Gasteiger charge is -2.16. The fourth-order valence-electron chi connectivity index (χ4n) is 2.82. The third kappa shape index (κ3) is 5.40. The van der Waals surface area contributed by atoms with Crippen LogP contribution in [0.3, 0.4) is 0 Å². The lowest BCUT2D eigenvalue weighted by molar-refractivity contribution is -0.123. The van der Waals surface area contributed by atoms with Gasteiger partial charge in [0.05, 0.1) is 19.0 Å². The van der Waals surface area contributed by atoms with E-state index >= 15 is 0 Å². The molecule has 1 fully saturated rings. The number of anilines is 1. The smallest absolute Gasteiger partial charge is 0.383 e. The molecule has 1 unspecified atom stereocenters. The predicted octanol–water partition coefficient (Wildman–Crippen LogP) is 0.0711. The average molecular weight is 432 g/mol. The number of amides is 1. The van der Waals surface area contributed by atoms with Crippen molar-refractivity contribution in [2.45, 2.75) is 25.2 Å². The predicted molar refractivity (Wildman–Crippen MR) is 102 cm³/mol. The number of aliphatic hydroxyl groups excluding tert-OH is 1. The van der Waals surface area contributed by atoms with Crippen molar-refractivity contribution in [1.82, 2.24) is 24.8 Å². The summed E-state index contributed by atoms with van der Waals surface area (Å²) < 4.78 is 23.6. The molecule has 0 bridgehead atoms. The number of ether oxygens (including phenoxy) is 1. The molecule has 0 radical (unpaired) electrons. The fourth-order valence-corrected chi connectivity index (χ4v) is 3.39. The first kappa shape index (κ1) is 21.0.